The van der Waals surface area contributed by atoms with Crippen LogP contribution in [-0.4, -0.2) is 26.3 Å². The summed E-state index contributed by atoms with van der Waals surface area (Å²) < 4.78 is 36.3. The van der Waals surface area contributed by atoms with Gasteiger partial charge in [0.25, 0.3) is 0 Å². The number of para-hydroxylation sites is 2. The average molecular weight is 536 g/mol. The predicted octanol–water partition coefficient (Wildman–Crippen LogP) is 5.10. The van der Waals surface area contributed by atoms with Crippen LogP contribution < -0.4 is 20.7 Å². The summed E-state index contributed by atoms with van der Waals surface area (Å²) in [7, 11) is 1.88. The van der Waals surface area contributed by atoms with E-state index in [1.165, 1.54) is 47.7 Å². The van der Waals surface area contributed by atoms with E-state index in [2.05, 4.69) is 20.2 Å². The first kappa shape index (κ1) is 24.8. The Morgan fingerprint density at radius 2 is 1.87 bits per heavy atom. The van der Waals surface area contributed by atoms with Crippen LogP contribution in [0.3, 0.4) is 0 Å². The SMILES string of the molecule is Cn1ccnc1-c1cc2nccc(Oc3ccc(C(C(N)=O)C(=O)Nc4ccccc4OF)cc3F)c2s1. The van der Waals surface area contributed by atoms with E-state index in [9.17, 15) is 14.1 Å². The van der Waals surface area contributed by atoms with Crippen LogP contribution in [0.15, 0.2) is 73.2 Å². The maximum absolute atomic E-state index is 15.1. The van der Waals surface area contributed by atoms with E-state index in [1.807, 2.05) is 23.9 Å². The van der Waals surface area contributed by atoms with E-state index in [1.54, 1.807) is 18.5 Å². The Bertz CT molecular complexity index is 1670. The molecule has 0 spiro atoms. The second kappa shape index (κ2) is 10.3. The fraction of sp³-hybridized carbons (Fsp3) is 0.0769. The van der Waals surface area contributed by atoms with Crippen LogP contribution in [0.25, 0.3) is 20.9 Å². The van der Waals surface area contributed by atoms with Gasteiger partial charge >= 0.3 is 0 Å². The van der Waals surface area contributed by atoms with Gasteiger partial charge in [0.05, 0.1) is 20.8 Å². The number of imidazole rings is 1. The zero-order valence-corrected chi connectivity index (χ0v) is 20.5. The number of anilines is 1. The highest BCUT2D eigenvalue weighted by Gasteiger charge is 2.28. The van der Waals surface area contributed by atoms with Crippen molar-refractivity contribution in [2.45, 2.75) is 5.92 Å². The molecule has 1 atom stereocenters. The Kier molecular flexibility index (Phi) is 6.71. The number of thiophene rings is 1. The molecule has 0 aliphatic heterocycles. The summed E-state index contributed by atoms with van der Waals surface area (Å²) in [5, 5.41) is 2.38. The Morgan fingerprint density at radius 3 is 2.58 bits per heavy atom. The molecule has 0 saturated carbocycles. The normalized spacial score (nSPS) is 11.8. The van der Waals surface area contributed by atoms with Crippen LogP contribution in [0.4, 0.5) is 14.6 Å². The summed E-state index contributed by atoms with van der Waals surface area (Å²) in [6.07, 6.45) is 5.06. The molecule has 5 rings (SSSR count). The van der Waals surface area contributed by atoms with Crippen molar-refractivity contribution in [3.05, 3.63) is 84.6 Å². The van der Waals surface area contributed by atoms with E-state index >= 15 is 4.39 Å². The molecule has 192 valence electrons. The lowest BCUT2D eigenvalue weighted by atomic mass is 9.97. The van der Waals surface area contributed by atoms with Gasteiger partial charge in [-0.3, -0.25) is 19.5 Å². The number of fused-ring (bicyclic) bond motifs is 1. The number of rotatable bonds is 8. The second-order valence-corrected chi connectivity index (χ2v) is 9.24. The average Bonchev–Trinajstić information content (AvgIpc) is 3.52. The second-order valence-electron chi connectivity index (χ2n) is 8.19. The highest BCUT2D eigenvalue weighted by molar-refractivity contribution is 7.22. The largest absolute Gasteiger partial charge is 0.453 e. The van der Waals surface area contributed by atoms with Crippen molar-refractivity contribution in [2.75, 3.05) is 5.32 Å². The zero-order chi connectivity index (χ0) is 26.8. The molecular weight excluding hydrogens is 516 g/mol. The number of nitrogens with zero attached hydrogens (tertiary/aromatic N) is 3. The number of nitrogens with one attached hydrogen (secondary N) is 1. The number of carbonyl (C=O) groups is 2. The van der Waals surface area contributed by atoms with Gasteiger partial charge in [-0.05, 0) is 35.9 Å². The van der Waals surface area contributed by atoms with Crippen molar-refractivity contribution in [3.63, 3.8) is 0 Å². The first-order valence-electron chi connectivity index (χ1n) is 11.2. The summed E-state index contributed by atoms with van der Waals surface area (Å²) in [6, 6.07) is 12.8. The number of aryl methyl sites for hydroxylation is 1. The number of hydrogen-bond donors (Lipinski definition) is 2. The zero-order valence-electron chi connectivity index (χ0n) is 19.7. The van der Waals surface area contributed by atoms with Gasteiger partial charge < -0.3 is 20.4 Å². The van der Waals surface area contributed by atoms with Crippen molar-refractivity contribution in [2.24, 2.45) is 12.8 Å². The molecule has 0 aliphatic rings. The lowest BCUT2D eigenvalue weighted by Gasteiger charge is -2.16. The molecule has 2 aromatic carbocycles. The number of primary amides is 1. The molecule has 0 saturated heterocycles. The van der Waals surface area contributed by atoms with Crippen LogP contribution in [0.5, 0.6) is 17.2 Å². The third kappa shape index (κ3) is 4.76. The maximum atomic E-state index is 15.1. The minimum Gasteiger partial charge on any atom is -0.453 e. The number of pyridine rings is 1. The number of benzene rings is 2. The lowest BCUT2D eigenvalue weighted by molar-refractivity contribution is -0.127. The van der Waals surface area contributed by atoms with Gasteiger partial charge in [0.15, 0.2) is 17.3 Å². The molecule has 3 N–H and O–H groups in total. The summed E-state index contributed by atoms with van der Waals surface area (Å²) in [6.45, 7) is 0. The van der Waals surface area contributed by atoms with Crippen molar-refractivity contribution < 1.29 is 28.2 Å². The van der Waals surface area contributed by atoms with E-state index in [0.717, 1.165) is 16.8 Å². The van der Waals surface area contributed by atoms with Gasteiger partial charge in [0.2, 0.25) is 11.8 Å². The summed E-state index contributed by atoms with van der Waals surface area (Å²) >= 11 is 1.40. The van der Waals surface area contributed by atoms with Crippen molar-refractivity contribution in [1.82, 2.24) is 14.5 Å². The molecule has 0 fully saturated rings. The Hall–Kier alpha value is -4.84. The molecule has 38 heavy (non-hydrogen) atoms. The van der Waals surface area contributed by atoms with Gasteiger partial charge in [-0.2, -0.15) is 0 Å². The molecule has 0 bridgehead atoms. The van der Waals surface area contributed by atoms with Crippen LogP contribution in [0.2, 0.25) is 0 Å². The van der Waals surface area contributed by atoms with Gasteiger partial charge in [-0.25, -0.2) is 9.37 Å². The first-order chi connectivity index (χ1) is 18.4. The summed E-state index contributed by atoms with van der Waals surface area (Å²) in [5.41, 5.74) is 6.08. The van der Waals surface area contributed by atoms with Crippen molar-refractivity contribution in [1.29, 1.82) is 0 Å². The molecule has 0 radical (unpaired) electrons. The number of amides is 2. The monoisotopic (exact) mass is 535 g/mol. The van der Waals surface area contributed by atoms with Crippen LogP contribution in [0, 0.1) is 5.82 Å². The fourth-order valence-electron chi connectivity index (χ4n) is 3.89. The third-order valence-electron chi connectivity index (χ3n) is 5.70. The van der Waals surface area contributed by atoms with Crippen molar-refractivity contribution in [3.8, 4) is 28.0 Å². The van der Waals surface area contributed by atoms with Gasteiger partial charge in [-0.15, -0.1) is 11.3 Å². The standard InChI is InChI=1S/C26H19F2N5O4S/c1-33-11-10-31-25(33)21-13-17-23(38-21)20(8-9-30-17)36-18-7-6-14(12-15(18)27)22(24(29)34)26(35)32-16-4-2-3-5-19(16)37-28/h2-13,22H,1H3,(H2,29,34)(H,32,35). The highest BCUT2D eigenvalue weighted by Crippen LogP contribution is 2.39. The van der Waals surface area contributed by atoms with Gasteiger partial charge in [-0.1, -0.05) is 18.2 Å². The first-order valence-corrected chi connectivity index (χ1v) is 12.0. The molecule has 1 unspecified atom stereocenters. The van der Waals surface area contributed by atoms with Crippen molar-refractivity contribution >= 4 is 39.1 Å². The maximum Gasteiger partial charge on any atom is 0.241 e. The molecule has 12 heteroatoms. The lowest BCUT2D eigenvalue weighted by Crippen LogP contribution is -2.32. The molecule has 3 aromatic heterocycles. The quantitative estimate of drug-likeness (QED) is 0.267. The van der Waals surface area contributed by atoms with Gasteiger partial charge in [0, 0.05) is 36.2 Å². The molecule has 2 amide bonds. The molecule has 3 heterocycles. The predicted molar refractivity (Wildman–Crippen MR) is 137 cm³/mol. The molecule has 9 nitrogen and oxygen atoms in total. The van der Waals surface area contributed by atoms with E-state index < -0.39 is 23.5 Å². The number of hydrogen-bond acceptors (Lipinski definition) is 7. The molecule has 0 aliphatic carbocycles. The minimum atomic E-state index is -1.56. The van der Waals surface area contributed by atoms with E-state index in [0.29, 0.717) is 16.0 Å². The third-order valence-corrected chi connectivity index (χ3v) is 6.84. The number of halogens is 2. The Morgan fingerprint density at radius 1 is 1.05 bits per heavy atom. The highest BCUT2D eigenvalue weighted by atomic mass is 32.1. The molecular formula is C26H19F2N5O4S. The number of carbonyl (C=O) groups excluding carboxylic acids is 2. The van der Waals surface area contributed by atoms with E-state index in [4.69, 9.17) is 10.5 Å². The molecule has 5 aromatic rings. The fourth-order valence-corrected chi connectivity index (χ4v) is 5.00. The topological polar surface area (TPSA) is 121 Å². The summed E-state index contributed by atoms with van der Waals surface area (Å²) in [4.78, 5) is 38.3. The van der Waals surface area contributed by atoms with Gasteiger partial charge in [0.1, 0.15) is 17.5 Å². The van der Waals surface area contributed by atoms with Crippen LogP contribution in [-0.2, 0) is 16.6 Å². The Labute approximate surface area is 218 Å². The minimum absolute atomic E-state index is 0.00781. The van der Waals surface area contributed by atoms with E-state index in [-0.39, 0.29) is 22.7 Å². The summed E-state index contributed by atoms with van der Waals surface area (Å²) in [5.74, 6) is -3.55. The Balaban J connectivity index is 1.41. The smallest absolute Gasteiger partial charge is 0.241 e. The number of nitrogens with two attached hydrogens (primary N) is 1. The van der Waals surface area contributed by atoms with Crippen LogP contribution in [0.1, 0.15) is 11.5 Å². The number of aromatic nitrogens is 3. The number of ether oxygens (including phenoxy) is 1. The van der Waals surface area contributed by atoms with Crippen LogP contribution >= 0.6 is 11.3 Å².